The monoisotopic (exact) mass is 866 g/mol. The maximum Gasteiger partial charge on any atom is 0.164 e. The molecule has 68 heavy (non-hydrogen) atoms. The number of aromatic nitrogens is 4. The molecule has 318 valence electrons. The predicted octanol–water partition coefficient (Wildman–Crippen LogP) is 15.7. The highest BCUT2D eigenvalue weighted by atomic mass is 15.0. The van der Waals surface area contributed by atoms with E-state index in [1.54, 1.807) is 0 Å². The first-order chi connectivity index (χ1) is 33.7. The van der Waals surface area contributed by atoms with Gasteiger partial charge in [0, 0.05) is 33.2 Å². The van der Waals surface area contributed by atoms with Crippen LogP contribution in [0.5, 0.6) is 0 Å². The highest BCUT2D eigenvalue weighted by Crippen LogP contribution is 2.58. The van der Waals surface area contributed by atoms with E-state index in [1.165, 1.54) is 38.6 Å². The van der Waals surface area contributed by atoms with Crippen molar-refractivity contribution < 1.29 is 0 Å². The van der Waals surface area contributed by atoms with Crippen molar-refractivity contribution in [3.8, 4) is 73.2 Å². The van der Waals surface area contributed by atoms with Gasteiger partial charge in [0.05, 0.1) is 16.4 Å². The summed E-state index contributed by atoms with van der Waals surface area (Å²) < 4.78 is 2.39. The second-order valence-corrected chi connectivity index (χ2v) is 17.5. The lowest BCUT2D eigenvalue weighted by Gasteiger charge is -2.34. The minimum absolute atomic E-state index is 0.606. The van der Waals surface area contributed by atoms with Crippen molar-refractivity contribution in [1.29, 1.82) is 0 Å². The quantitative estimate of drug-likeness (QED) is 0.153. The summed E-state index contributed by atoms with van der Waals surface area (Å²) in [6, 6.07) is 91.3. The van der Waals surface area contributed by atoms with Gasteiger partial charge >= 0.3 is 0 Å². The smallest absolute Gasteiger partial charge is 0.164 e. The summed E-state index contributed by atoms with van der Waals surface area (Å²) in [7, 11) is 0. The number of rotatable bonds is 8. The van der Waals surface area contributed by atoms with Crippen LogP contribution in [0.2, 0.25) is 0 Å². The molecule has 0 atom stereocenters. The Morgan fingerprint density at radius 1 is 0.279 bits per heavy atom. The zero-order valence-electron chi connectivity index (χ0n) is 37.0. The van der Waals surface area contributed by atoms with Gasteiger partial charge in [-0.2, -0.15) is 0 Å². The van der Waals surface area contributed by atoms with E-state index in [9.17, 15) is 0 Å². The Balaban J connectivity index is 1.12. The van der Waals surface area contributed by atoms with Gasteiger partial charge in [-0.3, -0.25) is 0 Å². The Bertz CT molecular complexity index is 3770. The van der Waals surface area contributed by atoms with E-state index in [2.05, 4.69) is 235 Å². The molecule has 13 rings (SSSR count). The van der Waals surface area contributed by atoms with Crippen LogP contribution >= 0.6 is 0 Å². The summed E-state index contributed by atoms with van der Waals surface area (Å²) in [5.74, 6) is 1.84. The molecule has 0 amide bonds. The van der Waals surface area contributed by atoms with E-state index in [0.717, 1.165) is 61.2 Å². The van der Waals surface area contributed by atoms with Gasteiger partial charge in [-0.1, -0.05) is 218 Å². The molecule has 0 aliphatic heterocycles. The molecule has 0 saturated heterocycles. The van der Waals surface area contributed by atoms with Gasteiger partial charge < -0.3 is 4.57 Å². The lowest BCUT2D eigenvalue weighted by molar-refractivity contribution is 0.769. The number of nitrogens with zero attached hydrogens (tertiary/aromatic N) is 4. The Labute approximate surface area is 395 Å². The lowest BCUT2D eigenvalue weighted by Crippen LogP contribution is -2.28. The minimum Gasteiger partial charge on any atom is -0.309 e. The second kappa shape index (κ2) is 16.2. The third kappa shape index (κ3) is 6.34. The van der Waals surface area contributed by atoms with Crippen molar-refractivity contribution in [2.45, 2.75) is 5.41 Å². The molecular formula is C64H42N4. The van der Waals surface area contributed by atoms with Crippen LogP contribution in [0.3, 0.4) is 0 Å². The Hall–Kier alpha value is -8.99. The number of hydrogen-bond acceptors (Lipinski definition) is 3. The standard InChI is InChI=1S/C64H42N4/c1-6-20-43(21-7-1)44-34-36-46(37-35-44)62-65-61(45-22-8-2-9-23-45)66-63(67-62)56-41-55-51-30-16-18-32-57(51)64(48-24-10-3-11-25-48,49-26-12-4-13-27-49)58(55)42-54(56)47-38-39-53-52-31-17-19-33-59(52)68(60(53)40-47)50-28-14-5-15-29-50/h1-42H. The van der Waals surface area contributed by atoms with Crippen LogP contribution in [0.4, 0.5) is 0 Å². The normalized spacial score (nSPS) is 12.5. The summed E-state index contributed by atoms with van der Waals surface area (Å²) in [4.78, 5) is 16.1. The zero-order chi connectivity index (χ0) is 45.0. The van der Waals surface area contributed by atoms with Crippen molar-refractivity contribution in [1.82, 2.24) is 19.5 Å². The maximum absolute atomic E-state index is 5.46. The fourth-order valence-electron chi connectivity index (χ4n) is 10.7. The van der Waals surface area contributed by atoms with E-state index in [4.69, 9.17) is 15.0 Å². The van der Waals surface area contributed by atoms with Crippen molar-refractivity contribution in [3.63, 3.8) is 0 Å². The van der Waals surface area contributed by atoms with Crippen molar-refractivity contribution in [2.24, 2.45) is 0 Å². The molecule has 2 heterocycles. The first-order valence-electron chi connectivity index (χ1n) is 23.2. The first-order valence-corrected chi connectivity index (χ1v) is 23.2. The molecule has 0 saturated carbocycles. The van der Waals surface area contributed by atoms with Crippen LogP contribution in [0.1, 0.15) is 22.3 Å². The number of para-hydroxylation sites is 2. The maximum atomic E-state index is 5.46. The largest absolute Gasteiger partial charge is 0.309 e. The molecule has 4 heteroatoms. The predicted molar refractivity (Wildman–Crippen MR) is 279 cm³/mol. The minimum atomic E-state index is -0.606. The molecule has 0 fully saturated rings. The lowest BCUT2D eigenvalue weighted by atomic mass is 9.67. The topological polar surface area (TPSA) is 43.6 Å². The molecular weight excluding hydrogens is 825 g/mol. The average Bonchev–Trinajstić information content (AvgIpc) is 3.91. The van der Waals surface area contributed by atoms with E-state index in [1.807, 2.05) is 24.3 Å². The summed E-state index contributed by atoms with van der Waals surface area (Å²) in [6.45, 7) is 0. The van der Waals surface area contributed by atoms with Gasteiger partial charge in [0.2, 0.25) is 0 Å². The third-order valence-corrected chi connectivity index (χ3v) is 13.8. The second-order valence-electron chi connectivity index (χ2n) is 17.5. The molecule has 2 aromatic heterocycles. The molecule has 1 aliphatic carbocycles. The molecule has 4 nitrogen and oxygen atoms in total. The summed E-state index contributed by atoms with van der Waals surface area (Å²) in [5.41, 5.74) is 17.2. The average molecular weight is 867 g/mol. The Morgan fingerprint density at radius 2 is 0.765 bits per heavy atom. The molecule has 1 aliphatic rings. The number of fused-ring (bicyclic) bond motifs is 6. The van der Waals surface area contributed by atoms with Crippen LogP contribution in [-0.4, -0.2) is 19.5 Å². The summed E-state index contributed by atoms with van der Waals surface area (Å²) in [6.07, 6.45) is 0. The van der Waals surface area contributed by atoms with Crippen molar-refractivity contribution in [3.05, 3.63) is 277 Å². The first kappa shape index (κ1) is 39.4. The van der Waals surface area contributed by atoms with E-state index in [-0.39, 0.29) is 0 Å². The molecule has 0 N–H and O–H groups in total. The highest BCUT2D eigenvalue weighted by Gasteiger charge is 2.46. The summed E-state index contributed by atoms with van der Waals surface area (Å²) >= 11 is 0. The van der Waals surface area contributed by atoms with Crippen LogP contribution in [0.15, 0.2) is 255 Å². The zero-order valence-corrected chi connectivity index (χ0v) is 37.0. The Kier molecular flexibility index (Phi) is 9.36. The van der Waals surface area contributed by atoms with Gasteiger partial charge in [0.25, 0.3) is 0 Å². The van der Waals surface area contributed by atoms with Crippen LogP contribution in [0.25, 0.3) is 95.0 Å². The molecule has 12 aromatic rings. The SMILES string of the molecule is c1ccc(-c2ccc(-c3nc(-c4ccccc4)nc(-c4cc5c(cc4-c4ccc6c7ccccc7n(-c7ccccc7)c6c4)C(c4ccccc4)(c4ccccc4)c4ccccc4-5)n3)cc2)cc1. The van der Waals surface area contributed by atoms with Crippen molar-refractivity contribution in [2.75, 3.05) is 0 Å². The fourth-order valence-corrected chi connectivity index (χ4v) is 10.7. The summed E-state index contributed by atoms with van der Waals surface area (Å²) in [5, 5.41) is 2.40. The van der Waals surface area contributed by atoms with E-state index < -0.39 is 5.41 Å². The molecule has 0 unspecified atom stereocenters. The van der Waals surface area contributed by atoms with Crippen LogP contribution in [-0.2, 0) is 5.41 Å². The number of benzene rings is 10. The van der Waals surface area contributed by atoms with E-state index in [0.29, 0.717) is 17.5 Å². The molecule has 0 radical (unpaired) electrons. The van der Waals surface area contributed by atoms with Gasteiger partial charge in [0.1, 0.15) is 0 Å². The Morgan fingerprint density at radius 3 is 1.44 bits per heavy atom. The van der Waals surface area contributed by atoms with Gasteiger partial charge in [-0.15, -0.1) is 0 Å². The molecule has 10 aromatic carbocycles. The van der Waals surface area contributed by atoms with Gasteiger partial charge in [-0.05, 0) is 92.0 Å². The van der Waals surface area contributed by atoms with Gasteiger partial charge in [-0.25, -0.2) is 15.0 Å². The number of hydrogen-bond donors (Lipinski definition) is 0. The van der Waals surface area contributed by atoms with E-state index >= 15 is 0 Å². The fraction of sp³-hybridized carbons (Fsp3) is 0.0156. The third-order valence-electron chi connectivity index (χ3n) is 13.8. The highest BCUT2D eigenvalue weighted by molar-refractivity contribution is 6.10. The molecule has 0 bridgehead atoms. The molecule has 0 spiro atoms. The van der Waals surface area contributed by atoms with Crippen LogP contribution < -0.4 is 0 Å². The van der Waals surface area contributed by atoms with Crippen LogP contribution in [0, 0.1) is 0 Å². The van der Waals surface area contributed by atoms with Crippen molar-refractivity contribution >= 4 is 21.8 Å². The van der Waals surface area contributed by atoms with Gasteiger partial charge in [0.15, 0.2) is 17.5 Å².